The maximum absolute atomic E-state index is 12.4. The van der Waals surface area contributed by atoms with Crippen molar-refractivity contribution in [1.29, 1.82) is 0 Å². The molecule has 0 saturated carbocycles. The molecule has 132 valence electrons. The van der Waals surface area contributed by atoms with E-state index in [9.17, 15) is 4.79 Å². The van der Waals surface area contributed by atoms with Gasteiger partial charge in [-0.25, -0.2) is 0 Å². The summed E-state index contributed by atoms with van der Waals surface area (Å²) >= 11 is 8.68. The molecule has 2 aromatic rings. The van der Waals surface area contributed by atoms with Crippen molar-refractivity contribution in [1.82, 2.24) is 4.90 Å². The van der Waals surface area contributed by atoms with Gasteiger partial charge in [0.05, 0.1) is 10.7 Å². The highest BCUT2D eigenvalue weighted by Gasteiger charge is 2.18. The minimum Gasteiger partial charge on any atom is -0.368 e. The van der Waals surface area contributed by atoms with Crippen LogP contribution in [0.3, 0.4) is 0 Å². The number of amides is 1. The van der Waals surface area contributed by atoms with Gasteiger partial charge in [-0.1, -0.05) is 24.6 Å². The maximum Gasteiger partial charge on any atom is 0.255 e. The van der Waals surface area contributed by atoms with Crippen molar-refractivity contribution in [3.8, 4) is 0 Å². The normalized spacial score (nSPS) is 15.2. The van der Waals surface area contributed by atoms with E-state index in [0.29, 0.717) is 16.3 Å². The Kier molecular flexibility index (Phi) is 6.19. The Balaban J connectivity index is 1.69. The first-order valence-corrected chi connectivity index (χ1v) is 9.86. The van der Waals surface area contributed by atoms with E-state index in [-0.39, 0.29) is 5.91 Å². The number of benzene rings is 2. The van der Waals surface area contributed by atoms with Crippen LogP contribution in [0, 0.1) is 3.57 Å². The molecule has 0 unspecified atom stereocenters. The van der Waals surface area contributed by atoms with E-state index in [1.807, 2.05) is 36.4 Å². The number of hydrogen-bond donors (Lipinski definition) is 1. The van der Waals surface area contributed by atoms with Crippen LogP contribution >= 0.6 is 34.2 Å². The molecule has 4 nitrogen and oxygen atoms in total. The summed E-state index contributed by atoms with van der Waals surface area (Å²) in [7, 11) is 0. The van der Waals surface area contributed by atoms with Gasteiger partial charge in [0.25, 0.3) is 5.91 Å². The zero-order chi connectivity index (χ0) is 17.8. The van der Waals surface area contributed by atoms with Gasteiger partial charge in [-0.05, 0) is 65.5 Å². The third kappa shape index (κ3) is 4.65. The topological polar surface area (TPSA) is 35.6 Å². The molecular weight excluding hydrogens is 449 g/mol. The second-order valence-corrected chi connectivity index (χ2v) is 7.70. The highest BCUT2D eigenvalue weighted by molar-refractivity contribution is 14.1. The Labute approximate surface area is 167 Å². The molecule has 0 aliphatic carbocycles. The SMILES string of the molecule is CCN1CCN(c2ccc(NC(=O)c3cccc(I)c3)cc2Cl)CC1. The minimum atomic E-state index is -0.126. The van der Waals surface area contributed by atoms with Crippen molar-refractivity contribution in [3.63, 3.8) is 0 Å². The first kappa shape index (κ1) is 18.5. The van der Waals surface area contributed by atoms with Crippen LogP contribution in [0.2, 0.25) is 5.02 Å². The van der Waals surface area contributed by atoms with Crippen LogP contribution in [0.4, 0.5) is 11.4 Å². The zero-order valence-corrected chi connectivity index (χ0v) is 17.0. The number of rotatable bonds is 4. The molecule has 1 aliphatic heterocycles. The van der Waals surface area contributed by atoms with Crippen LogP contribution in [-0.4, -0.2) is 43.5 Å². The Morgan fingerprint density at radius 3 is 2.56 bits per heavy atom. The van der Waals surface area contributed by atoms with Gasteiger partial charge in [0.2, 0.25) is 0 Å². The lowest BCUT2D eigenvalue weighted by Gasteiger charge is -2.36. The monoisotopic (exact) mass is 469 g/mol. The fourth-order valence-corrected chi connectivity index (χ4v) is 3.82. The number of anilines is 2. The Morgan fingerprint density at radius 1 is 1.16 bits per heavy atom. The lowest BCUT2D eigenvalue weighted by Crippen LogP contribution is -2.46. The maximum atomic E-state index is 12.4. The highest BCUT2D eigenvalue weighted by Crippen LogP contribution is 2.30. The molecule has 0 radical (unpaired) electrons. The second kappa shape index (κ2) is 8.38. The fraction of sp³-hybridized carbons (Fsp3) is 0.316. The Morgan fingerprint density at radius 2 is 1.92 bits per heavy atom. The van der Waals surface area contributed by atoms with Gasteiger partial charge in [-0.3, -0.25) is 4.79 Å². The number of hydrogen-bond acceptors (Lipinski definition) is 3. The van der Waals surface area contributed by atoms with E-state index in [1.54, 1.807) is 6.07 Å². The van der Waals surface area contributed by atoms with Crippen LogP contribution in [-0.2, 0) is 0 Å². The van der Waals surface area contributed by atoms with Gasteiger partial charge < -0.3 is 15.1 Å². The van der Waals surface area contributed by atoms with Crippen LogP contribution in [0.15, 0.2) is 42.5 Å². The van der Waals surface area contributed by atoms with Crippen molar-refractivity contribution in [2.24, 2.45) is 0 Å². The van der Waals surface area contributed by atoms with E-state index >= 15 is 0 Å². The van der Waals surface area contributed by atoms with Crippen molar-refractivity contribution >= 4 is 51.5 Å². The lowest BCUT2D eigenvalue weighted by atomic mass is 10.2. The van der Waals surface area contributed by atoms with E-state index < -0.39 is 0 Å². The number of nitrogens with zero attached hydrogens (tertiary/aromatic N) is 2. The standard InChI is InChI=1S/C19H21ClIN3O/c1-2-23-8-10-24(11-9-23)18-7-6-16(13-17(18)20)22-19(25)14-4-3-5-15(21)12-14/h3-7,12-13H,2,8-11H2,1H3,(H,22,25). The molecule has 2 aromatic carbocycles. The van der Waals surface area contributed by atoms with E-state index in [1.165, 1.54) is 0 Å². The summed E-state index contributed by atoms with van der Waals surface area (Å²) in [5.74, 6) is -0.126. The smallest absolute Gasteiger partial charge is 0.255 e. The summed E-state index contributed by atoms with van der Waals surface area (Å²) in [5.41, 5.74) is 2.39. The molecule has 1 N–H and O–H groups in total. The van der Waals surface area contributed by atoms with Crippen LogP contribution in [0.1, 0.15) is 17.3 Å². The van der Waals surface area contributed by atoms with Gasteiger partial charge >= 0.3 is 0 Å². The molecule has 1 aliphatic rings. The first-order valence-electron chi connectivity index (χ1n) is 8.40. The third-order valence-corrected chi connectivity index (χ3v) is 5.43. The fourth-order valence-electron chi connectivity index (χ4n) is 2.98. The number of carbonyl (C=O) groups excluding carboxylic acids is 1. The molecular formula is C19H21ClIN3O. The van der Waals surface area contributed by atoms with E-state index in [2.05, 4.69) is 44.6 Å². The van der Waals surface area contributed by atoms with Crippen LogP contribution in [0.5, 0.6) is 0 Å². The van der Waals surface area contributed by atoms with Gasteiger partial charge in [-0.15, -0.1) is 0 Å². The molecule has 0 aromatic heterocycles. The second-order valence-electron chi connectivity index (χ2n) is 6.05. The Hall–Kier alpha value is -1.31. The number of piperazine rings is 1. The number of nitrogens with one attached hydrogen (secondary N) is 1. The lowest BCUT2D eigenvalue weighted by molar-refractivity contribution is 0.102. The predicted molar refractivity (Wildman–Crippen MR) is 113 cm³/mol. The molecule has 0 atom stereocenters. The number of halogens is 2. The zero-order valence-electron chi connectivity index (χ0n) is 14.1. The first-order chi connectivity index (χ1) is 12.1. The molecule has 6 heteroatoms. The minimum absolute atomic E-state index is 0.126. The third-order valence-electron chi connectivity index (χ3n) is 4.45. The summed E-state index contributed by atoms with van der Waals surface area (Å²) in [6, 6.07) is 13.2. The average molecular weight is 470 g/mol. The molecule has 0 bridgehead atoms. The van der Waals surface area contributed by atoms with Gasteiger partial charge in [0.15, 0.2) is 0 Å². The summed E-state index contributed by atoms with van der Waals surface area (Å²) in [6.45, 7) is 7.33. The molecule has 1 amide bonds. The van der Waals surface area contributed by atoms with Gasteiger partial charge in [-0.2, -0.15) is 0 Å². The van der Waals surface area contributed by atoms with Crippen LogP contribution in [0.25, 0.3) is 0 Å². The van der Waals surface area contributed by atoms with E-state index in [0.717, 1.165) is 42.0 Å². The molecule has 25 heavy (non-hydrogen) atoms. The van der Waals surface area contributed by atoms with Crippen molar-refractivity contribution < 1.29 is 4.79 Å². The van der Waals surface area contributed by atoms with Gasteiger partial charge in [0.1, 0.15) is 0 Å². The van der Waals surface area contributed by atoms with Crippen molar-refractivity contribution in [2.45, 2.75) is 6.92 Å². The number of carbonyl (C=O) groups is 1. The van der Waals surface area contributed by atoms with Crippen LogP contribution < -0.4 is 10.2 Å². The predicted octanol–water partition coefficient (Wildman–Crippen LogP) is 4.34. The van der Waals surface area contributed by atoms with E-state index in [4.69, 9.17) is 11.6 Å². The molecule has 1 saturated heterocycles. The summed E-state index contributed by atoms with van der Waals surface area (Å²) in [4.78, 5) is 17.1. The molecule has 1 fully saturated rings. The number of likely N-dealkylation sites (N-methyl/N-ethyl adjacent to an activating group) is 1. The Bertz CT molecular complexity index is 760. The van der Waals surface area contributed by atoms with Crippen molar-refractivity contribution in [2.75, 3.05) is 42.9 Å². The van der Waals surface area contributed by atoms with Crippen molar-refractivity contribution in [3.05, 3.63) is 56.6 Å². The molecule has 0 spiro atoms. The summed E-state index contributed by atoms with van der Waals surface area (Å²) in [5, 5.41) is 3.59. The average Bonchev–Trinajstić information content (AvgIpc) is 2.62. The molecule has 1 heterocycles. The largest absolute Gasteiger partial charge is 0.368 e. The summed E-state index contributed by atoms with van der Waals surface area (Å²) in [6.07, 6.45) is 0. The molecule has 3 rings (SSSR count). The highest BCUT2D eigenvalue weighted by atomic mass is 127. The quantitative estimate of drug-likeness (QED) is 0.677. The van der Waals surface area contributed by atoms with Gasteiger partial charge in [0, 0.05) is 41.0 Å². The summed E-state index contributed by atoms with van der Waals surface area (Å²) < 4.78 is 1.03.